The summed E-state index contributed by atoms with van der Waals surface area (Å²) in [6, 6.07) is 5.80. The van der Waals surface area contributed by atoms with E-state index in [1.54, 1.807) is 7.11 Å². The van der Waals surface area contributed by atoms with Gasteiger partial charge in [-0.15, -0.1) is 0 Å². The van der Waals surface area contributed by atoms with Crippen molar-refractivity contribution in [3.05, 3.63) is 29.3 Å². The highest BCUT2D eigenvalue weighted by atomic mass is 16.5. The quantitative estimate of drug-likeness (QED) is 0.757. The first-order chi connectivity index (χ1) is 7.22. The van der Waals surface area contributed by atoms with Gasteiger partial charge in [0.05, 0.1) is 6.61 Å². The van der Waals surface area contributed by atoms with Gasteiger partial charge in [0, 0.05) is 13.5 Å². The maximum absolute atomic E-state index is 11.3. The summed E-state index contributed by atoms with van der Waals surface area (Å²) in [6.45, 7) is 2.27. The average molecular weight is 206 g/mol. The van der Waals surface area contributed by atoms with Crippen LogP contribution in [0.15, 0.2) is 18.2 Å². The zero-order valence-corrected chi connectivity index (χ0v) is 8.95. The number of ether oxygens (including phenoxy) is 2. The van der Waals surface area contributed by atoms with Crippen molar-refractivity contribution < 1.29 is 14.3 Å². The third-order valence-corrected chi connectivity index (χ3v) is 2.62. The minimum atomic E-state index is -0.448. The number of fused-ring (bicyclic) bond motifs is 1. The van der Waals surface area contributed by atoms with Crippen molar-refractivity contribution in [2.45, 2.75) is 19.4 Å². The van der Waals surface area contributed by atoms with Crippen molar-refractivity contribution in [3.63, 3.8) is 0 Å². The highest BCUT2D eigenvalue weighted by molar-refractivity contribution is 5.82. The molecule has 3 nitrogen and oxygen atoms in total. The molecule has 0 aliphatic carbocycles. The highest BCUT2D eigenvalue weighted by Crippen LogP contribution is 2.29. The Labute approximate surface area is 89.0 Å². The van der Waals surface area contributed by atoms with E-state index < -0.39 is 6.10 Å². The molecule has 3 heteroatoms. The number of hydrogen-bond donors (Lipinski definition) is 0. The fraction of sp³-hybridized carbons (Fsp3) is 0.417. The van der Waals surface area contributed by atoms with Crippen LogP contribution < -0.4 is 4.74 Å². The molecule has 1 heterocycles. The molecule has 1 aliphatic rings. The Morgan fingerprint density at radius 1 is 1.53 bits per heavy atom. The number of benzene rings is 1. The van der Waals surface area contributed by atoms with E-state index in [0.717, 1.165) is 29.9 Å². The van der Waals surface area contributed by atoms with Gasteiger partial charge in [0.15, 0.2) is 5.78 Å². The first kappa shape index (κ1) is 10.2. The van der Waals surface area contributed by atoms with Gasteiger partial charge in [0.25, 0.3) is 0 Å². The normalized spacial score (nSPS) is 15.6. The van der Waals surface area contributed by atoms with Crippen LogP contribution in [-0.4, -0.2) is 19.5 Å². The molecule has 1 aliphatic heterocycles. The number of ketones is 1. The maximum Gasteiger partial charge on any atom is 0.163 e. The van der Waals surface area contributed by atoms with Gasteiger partial charge in [-0.3, -0.25) is 4.79 Å². The molecule has 0 radical (unpaired) electrons. The van der Waals surface area contributed by atoms with Crippen LogP contribution in [0.4, 0.5) is 0 Å². The van der Waals surface area contributed by atoms with Gasteiger partial charge in [0.2, 0.25) is 0 Å². The Hall–Kier alpha value is -1.35. The van der Waals surface area contributed by atoms with Crippen molar-refractivity contribution in [1.29, 1.82) is 0 Å². The molecule has 0 aromatic heterocycles. The molecule has 0 bridgehead atoms. The Balaban J connectivity index is 2.32. The number of Topliss-reactive ketones (excluding diaryl/α,β-unsaturated/α-hetero) is 1. The third-order valence-electron chi connectivity index (χ3n) is 2.62. The molecule has 0 spiro atoms. The first-order valence-corrected chi connectivity index (χ1v) is 5.01. The minimum Gasteiger partial charge on any atom is -0.493 e. The maximum atomic E-state index is 11.3. The van der Waals surface area contributed by atoms with Crippen molar-refractivity contribution in [1.82, 2.24) is 0 Å². The molecule has 1 aromatic carbocycles. The summed E-state index contributed by atoms with van der Waals surface area (Å²) in [7, 11) is 1.55. The minimum absolute atomic E-state index is 0.0244. The van der Waals surface area contributed by atoms with Crippen LogP contribution in [0.3, 0.4) is 0 Å². The molecule has 0 saturated heterocycles. The molecule has 0 N–H and O–H groups in total. The van der Waals surface area contributed by atoms with Gasteiger partial charge < -0.3 is 9.47 Å². The zero-order chi connectivity index (χ0) is 10.8. The highest BCUT2D eigenvalue weighted by Gasteiger charge is 2.19. The third kappa shape index (κ3) is 1.88. The molecule has 1 atom stereocenters. The average Bonchev–Trinajstić information content (AvgIpc) is 2.65. The monoisotopic (exact) mass is 206 g/mol. The molecule has 80 valence electrons. The van der Waals surface area contributed by atoms with Crippen LogP contribution in [0.25, 0.3) is 0 Å². The summed E-state index contributed by atoms with van der Waals surface area (Å²) in [5, 5.41) is 0. The standard InChI is InChI=1S/C12H14O3/c1-8(13)12(14-2)10-3-4-11-9(7-10)5-6-15-11/h3-4,7,12H,5-6H2,1-2H3. The fourth-order valence-electron chi connectivity index (χ4n) is 1.91. The molecule has 1 unspecified atom stereocenters. The molecule has 15 heavy (non-hydrogen) atoms. The van der Waals surface area contributed by atoms with Gasteiger partial charge in [-0.05, 0) is 30.2 Å². The topological polar surface area (TPSA) is 35.5 Å². The lowest BCUT2D eigenvalue weighted by Crippen LogP contribution is -2.10. The lowest BCUT2D eigenvalue weighted by molar-refractivity contribution is -0.126. The molecule has 0 fully saturated rings. The lowest BCUT2D eigenvalue weighted by Gasteiger charge is -2.12. The van der Waals surface area contributed by atoms with Crippen molar-refractivity contribution >= 4 is 5.78 Å². The molecular weight excluding hydrogens is 192 g/mol. The number of carbonyl (C=O) groups excluding carboxylic acids is 1. The second kappa shape index (κ2) is 4.03. The van der Waals surface area contributed by atoms with Crippen LogP contribution in [0.5, 0.6) is 5.75 Å². The lowest BCUT2D eigenvalue weighted by atomic mass is 10.0. The van der Waals surface area contributed by atoms with E-state index in [1.165, 1.54) is 6.92 Å². The predicted molar refractivity (Wildman–Crippen MR) is 56.1 cm³/mol. The van der Waals surface area contributed by atoms with Crippen LogP contribution in [-0.2, 0) is 16.0 Å². The number of methoxy groups -OCH3 is 1. The summed E-state index contributed by atoms with van der Waals surface area (Å²) < 4.78 is 10.6. The number of hydrogen-bond acceptors (Lipinski definition) is 3. The number of carbonyl (C=O) groups is 1. The van der Waals surface area contributed by atoms with E-state index in [2.05, 4.69) is 0 Å². The van der Waals surface area contributed by atoms with Crippen LogP contribution >= 0.6 is 0 Å². The second-order valence-corrected chi connectivity index (χ2v) is 3.69. The number of rotatable bonds is 3. The van der Waals surface area contributed by atoms with E-state index in [-0.39, 0.29) is 5.78 Å². The summed E-state index contributed by atoms with van der Waals surface area (Å²) in [5.41, 5.74) is 2.07. The molecular formula is C12H14O3. The molecule has 0 saturated carbocycles. The van der Waals surface area contributed by atoms with Gasteiger partial charge >= 0.3 is 0 Å². The van der Waals surface area contributed by atoms with Gasteiger partial charge in [0.1, 0.15) is 11.9 Å². The summed E-state index contributed by atoms with van der Waals surface area (Å²) in [5.74, 6) is 0.952. The van der Waals surface area contributed by atoms with Gasteiger partial charge in [-0.25, -0.2) is 0 Å². The van der Waals surface area contributed by atoms with Crippen LogP contribution in [0.1, 0.15) is 24.2 Å². The van der Waals surface area contributed by atoms with Crippen LogP contribution in [0, 0.1) is 0 Å². The molecule has 2 rings (SSSR count). The van der Waals surface area contributed by atoms with Crippen molar-refractivity contribution in [2.24, 2.45) is 0 Å². The largest absolute Gasteiger partial charge is 0.493 e. The van der Waals surface area contributed by atoms with Gasteiger partial charge in [-0.2, -0.15) is 0 Å². The first-order valence-electron chi connectivity index (χ1n) is 5.01. The smallest absolute Gasteiger partial charge is 0.163 e. The van der Waals surface area contributed by atoms with Crippen LogP contribution in [0.2, 0.25) is 0 Å². The SMILES string of the molecule is COC(C(C)=O)c1ccc2c(c1)CCO2. The van der Waals surface area contributed by atoms with E-state index in [0.29, 0.717) is 0 Å². The summed E-state index contributed by atoms with van der Waals surface area (Å²) >= 11 is 0. The Bertz CT molecular complexity index is 384. The van der Waals surface area contributed by atoms with Gasteiger partial charge in [-0.1, -0.05) is 6.07 Å². The van der Waals surface area contributed by atoms with E-state index in [9.17, 15) is 4.79 Å². The van der Waals surface area contributed by atoms with Crippen molar-refractivity contribution in [2.75, 3.05) is 13.7 Å². The van der Waals surface area contributed by atoms with Crippen molar-refractivity contribution in [3.8, 4) is 5.75 Å². The summed E-state index contributed by atoms with van der Waals surface area (Å²) in [6.07, 6.45) is 0.466. The van der Waals surface area contributed by atoms with E-state index in [4.69, 9.17) is 9.47 Å². The Morgan fingerprint density at radius 2 is 2.33 bits per heavy atom. The molecule has 0 amide bonds. The Morgan fingerprint density at radius 3 is 3.00 bits per heavy atom. The summed E-state index contributed by atoms with van der Waals surface area (Å²) in [4.78, 5) is 11.3. The zero-order valence-electron chi connectivity index (χ0n) is 8.95. The van der Waals surface area contributed by atoms with E-state index >= 15 is 0 Å². The Kier molecular flexibility index (Phi) is 2.73. The second-order valence-electron chi connectivity index (χ2n) is 3.69. The molecule has 1 aromatic rings. The fourth-order valence-corrected chi connectivity index (χ4v) is 1.91. The predicted octanol–water partition coefficient (Wildman–Crippen LogP) is 1.90. The van der Waals surface area contributed by atoms with E-state index in [1.807, 2.05) is 18.2 Å².